The fraction of sp³-hybridized carbons (Fsp3) is 0.593. The smallest absolute Gasteiger partial charge is 0.306 e. The lowest BCUT2D eigenvalue weighted by Crippen LogP contribution is -2.46. The van der Waals surface area contributed by atoms with E-state index in [-0.39, 0.29) is 24.9 Å². The maximum absolute atomic E-state index is 13.1. The van der Waals surface area contributed by atoms with E-state index in [0.717, 1.165) is 83.5 Å². The van der Waals surface area contributed by atoms with E-state index in [0.29, 0.717) is 19.3 Å². The number of carbonyl (C=O) groups is 2. The monoisotopic (exact) mass is 830 g/mol. The Kier molecular flexibility index (Phi) is 43.4. The van der Waals surface area contributed by atoms with Gasteiger partial charge in [0.2, 0.25) is 5.91 Å². The average molecular weight is 830 g/mol. The molecule has 0 aliphatic rings. The predicted octanol–water partition coefficient (Wildman–Crippen LogP) is 14.1. The highest BCUT2D eigenvalue weighted by Gasteiger charge is 2.23. The van der Waals surface area contributed by atoms with Crippen LogP contribution in [0.3, 0.4) is 0 Å². The van der Waals surface area contributed by atoms with E-state index in [1.165, 1.54) is 51.4 Å². The van der Waals surface area contributed by atoms with E-state index >= 15 is 0 Å². The SMILES string of the molecule is CC/C=C\C/C=C\C/C=C\C/C=C\C/C=C\CCCCCC(=O)OC(C/C=C/C=C\C=C/C=C/C=C/CC)CC(=O)NC(CO)C(O)CCCCCCCCCCCCC. The molecular weight excluding hydrogens is 743 g/mol. The minimum Gasteiger partial charge on any atom is -0.461 e. The number of aliphatic hydroxyl groups excluding tert-OH is 2. The summed E-state index contributed by atoms with van der Waals surface area (Å²) in [5.74, 6) is -0.661. The van der Waals surface area contributed by atoms with Crippen molar-refractivity contribution in [1.29, 1.82) is 0 Å². The highest BCUT2D eigenvalue weighted by Crippen LogP contribution is 2.15. The molecule has 3 atom stereocenters. The number of nitrogens with one attached hydrogen (secondary N) is 1. The third kappa shape index (κ3) is 41.0. The van der Waals surface area contributed by atoms with Crippen LogP contribution in [-0.4, -0.2) is 46.9 Å². The maximum Gasteiger partial charge on any atom is 0.306 e. The van der Waals surface area contributed by atoms with Gasteiger partial charge in [0.05, 0.1) is 25.2 Å². The van der Waals surface area contributed by atoms with Gasteiger partial charge in [-0.25, -0.2) is 0 Å². The van der Waals surface area contributed by atoms with Crippen LogP contribution in [0.4, 0.5) is 0 Å². The molecular formula is C54H87NO5. The topological polar surface area (TPSA) is 95.9 Å². The molecule has 0 aromatic rings. The molecule has 0 saturated heterocycles. The summed E-state index contributed by atoms with van der Waals surface area (Å²) in [5, 5.41) is 23.6. The normalized spacial score (nSPS) is 14.4. The van der Waals surface area contributed by atoms with Crippen molar-refractivity contribution in [1.82, 2.24) is 5.32 Å². The first-order chi connectivity index (χ1) is 29.5. The summed E-state index contributed by atoms with van der Waals surface area (Å²) in [6, 6.07) is -0.753. The molecule has 3 N–H and O–H groups in total. The first-order valence-corrected chi connectivity index (χ1v) is 23.8. The summed E-state index contributed by atoms with van der Waals surface area (Å²) in [6.45, 7) is 6.14. The van der Waals surface area contributed by atoms with Crippen LogP contribution in [0.25, 0.3) is 0 Å². The zero-order chi connectivity index (χ0) is 43.8. The first-order valence-electron chi connectivity index (χ1n) is 23.8. The van der Waals surface area contributed by atoms with Crippen LogP contribution in [-0.2, 0) is 14.3 Å². The lowest BCUT2D eigenvalue weighted by molar-refractivity contribution is -0.150. The van der Waals surface area contributed by atoms with Crippen molar-refractivity contribution < 1.29 is 24.5 Å². The number of unbranched alkanes of at least 4 members (excludes halogenated alkanes) is 13. The maximum atomic E-state index is 13.1. The van der Waals surface area contributed by atoms with Crippen molar-refractivity contribution in [3.05, 3.63) is 122 Å². The Labute approximate surface area is 368 Å². The summed E-state index contributed by atoms with van der Waals surface area (Å²) in [5.41, 5.74) is 0. The molecule has 0 aliphatic carbocycles. The Balaban J connectivity index is 4.75. The molecule has 0 aromatic heterocycles. The van der Waals surface area contributed by atoms with E-state index in [1.807, 2.05) is 54.7 Å². The fourth-order valence-electron chi connectivity index (χ4n) is 6.36. The van der Waals surface area contributed by atoms with E-state index in [2.05, 4.69) is 92.9 Å². The quantitative estimate of drug-likeness (QED) is 0.0247. The van der Waals surface area contributed by atoms with E-state index in [9.17, 15) is 19.8 Å². The zero-order valence-electron chi connectivity index (χ0n) is 38.3. The van der Waals surface area contributed by atoms with Crippen LogP contribution in [0.2, 0.25) is 0 Å². The van der Waals surface area contributed by atoms with Crippen molar-refractivity contribution in [3.63, 3.8) is 0 Å². The summed E-state index contributed by atoms with van der Waals surface area (Å²) in [7, 11) is 0. The van der Waals surface area contributed by atoms with Crippen LogP contribution < -0.4 is 5.32 Å². The summed E-state index contributed by atoms with van der Waals surface area (Å²) < 4.78 is 5.81. The van der Waals surface area contributed by atoms with Gasteiger partial charge >= 0.3 is 5.97 Å². The van der Waals surface area contributed by atoms with E-state index < -0.39 is 18.2 Å². The Morgan fingerprint density at radius 2 is 1.00 bits per heavy atom. The molecule has 0 saturated carbocycles. The second-order valence-electron chi connectivity index (χ2n) is 15.5. The number of rotatable bonds is 40. The van der Waals surface area contributed by atoms with Gasteiger partial charge in [-0.1, -0.05) is 219 Å². The summed E-state index contributed by atoms with van der Waals surface area (Å²) in [4.78, 5) is 26.0. The van der Waals surface area contributed by atoms with Gasteiger partial charge in [-0.15, -0.1) is 0 Å². The molecule has 0 heterocycles. The van der Waals surface area contributed by atoms with E-state index in [1.54, 1.807) is 0 Å². The lowest BCUT2D eigenvalue weighted by atomic mass is 10.0. The van der Waals surface area contributed by atoms with Crippen LogP contribution in [0.5, 0.6) is 0 Å². The number of amides is 1. The Morgan fingerprint density at radius 3 is 1.53 bits per heavy atom. The lowest BCUT2D eigenvalue weighted by Gasteiger charge is -2.24. The molecule has 0 radical (unpaired) electrons. The molecule has 0 spiro atoms. The van der Waals surface area contributed by atoms with Crippen molar-refractivity contribution in [2.45, 2.75) is 200 Å². The molecule has 338 valence electrons. The predicted molar refractivity (Wildman–Crippen MR) is 259 cm³/mol. The number of esters is 1. The molecule has 0 rings (SSSR count). The van der Waals surface area contributed by atoms with E-state index in [4.69, 9.17) is 4.74 Å². The van der Waals surface area contributed by atoms with Crippen molar-refractivity contribution in [2.24, 2.45) is 0 Å². The molecule has 0 aromatic carbocycles. The van der Waals surface area contributed by atoms with Crippen LogP contribution in [0.15, 0.2) is 122 Å². The Morgan fingerprint density at radius 1 is 0.533 bits per heavy atom. The van der Waals surface area contributed by atoms with Crippen molar-refractivity contribution >= 4 is 11.9 Å². The number of hydrogen-bond donors (Lipinski definition) is 3. The van der Waals surface area contributed by atoms with Crippen molar-refractivity contribution in [2.75, 3.05) is 6.61 Å². The summed E-state index contributed by atoms with van der Waals surface area (Å²) in [6.07, 6.45) is 64.2. The second kappa shape index (κ2) is 46.3. The number of aliphatic hydroxyl groups is 2. The van der Waals surface area contributed by atoms with Gasteiger partial charge < -0.3 is 20.3 Å². The molecule has 0 aliphatic heterocycles. The molecule has 60 heavy (non-hydrogen) atoms. The van der Waals surface area contributed by atoms with Crippen LogP contribution in [0, 0.1) is 0 Å². The van der Waals surface area contributed by atoms with Gasteiger partial charge in [0.25, 0.3) is 0 Å². The standard InChI is InChI=1S/C54H87NO5/c1-4-7-10-13-16-19-22-23-24-25-26-27-28-29-32-35-38-41-44-47-54(59)60-50(45-42-39-36-33-30-20-17-14-11-8-5-2)48-53(58)55-51(49-56)52(57)46-43-40-37-34-31-21-18-15-12-9-6-3/h7-8,10-11,14,16-17,19-20,23-24,26-27,29-30,32-33,36,39,42,50-52,56-57H,4-6,9,12-13,15,18,21-22,25,28,31,34-35,37-38,40-41,43-49H2,1-3H3,(H,55,58)/b10-7-,11-8+,17-14+,19-16-,24-23-,27-26-,30-20-,32-29-,36-33-,42-39+. The highest BCUT2D eigenvalue weighted by molar-refractivity contribution is 5.77. The van der Waals surface area contributed by atoms with Crippen LogP contribution in [0.1, 0.15) is 181 Å². The third-order valence-corrected chi connectivity index (χ3v) is 9.92. The molecule has 6 nitrogen and oxygen atoms in total. The minimum atomic E-state index is -0.830. The van der Waals surface area contributed by atoms with Gasteiger partial charge in [0.1, 0.15) is 6.10 Å². The molecule has 3 unspecified atom stereocenters. The van der Waals surface area contributed by atoms with Gasteiger partial charge in [0, 0.05) is 12.8 Å². The first kappa shape index (κ1) is 56.3. The Bertz CT molecular complexity index is 1300. The third-order valence-electron chi connectivity index (χ3n) is 9.92. The Hall–Kier alpha value is -3.74. The number of hydrogen-bond acceptors (Lipinski definition) is 5. The number of ether oxygens (including phenoxy) is 1. The van der Waals surface area contributed by atoms with Gasteiger partial charge in [0.15, 0.2) is 0 Å². The molecule has 1 amide bonds. The highest BCUT2D eigenvalue weighted by atomic mass is 16.5. The zero-order valence-corrected chi connectivity index (χ0v) is 38.3. The average Bonchev–Trinajstić information content (AvgIpc) is 3.24. The minimum absolute atomic E-state index is 0.0402. The van der Waals surface area contributed by atoms with Crippen LogP contribution >= 0.6 is 0 Å². The second-order valence-corrected chi connectivity index (χ2v) is 15.5. The summed E-state index contributed by atoms with van der Waals surface area (Å²) >= 11 is 0. The fourth-order valence-corrected chi connectivity index (χ4v) is 6.36. The van der Waals surface area contributed by atoms with Crippen molar-refractivity contribution in [3.8, 4) is 0 Å². The van der Waals surface area contributed by atoms with Gasteiger partial charge in [-0.2, -0.15) is 0 Å². The molecule has 6 heteroatoms. The number of allylic oxidation sites excluding steroid dienone is 19. The van der Waals surface area contributed by atoms with Gasteiger partial charge in [-0.3, -0.25) is 9.59 Å². The number of carbonyl (C=O) groups excluding carboxylic acids is 2. The largest absolute Gasteiger partial charge is 0.461 e. The molecule has 0 bridgehead atoms. The molecule has 0 fully saturated rings. The van der Waals surface area contributed by atoms with Gasteiger partial charge in [-0.05, 0) is 64.2 Å².